The first-order valence-electron chi connectivity index (χ1n) is 6.79. The molecule has 0 unspecified atom stereocenters. The predicted molar refractivity (Wildman–Crippen MR) is 76.1 cm³/mol. The number of aromatic nitrogens is 3. The summed E-state index contributed by atoms with van der Waals surface area (Å²) >= 11 is 0. The topological polar surface area (TPSA) is 30.7 Å². The summed E-state index contributed by atoms with van der Waals surface area (Å²) in [7, 11) is 0. The van der Waals surface area contributed by atoms with Crippen LogP contribution in [0, 0.1) is 0 Å². The van der Waals surface area contributed by atoms with Gasteiger partial charge in [0.2, 0.25) is 0 Å². The summed E-state index contributed by atoms with van der Waals surface area (Å²) in [6, 6.07) is 0.460. The van der Waals surface area contributed by atoms with Crippen LogP contribution in [0.4, 0.5) is 0 Å². The van der Waals surface area contributed by atoms with E-state index < -0.39 is 0 Å². The van der Waals surface area contributed by atoms with Crippen LogP contribution in [0.5, 0.6) is 0 Å². The van der Waals surface area contributed by atoms with Crippen LogP contribution in [0.25, 0.3) is 10.9 Å². The zero-order chi connectivity index (χ0) is 13.4. The zero-order valence-electron chi connectivity index (χ0n) is 12.2. The van der Waals surface area contributed by atoms with Crippen molar-refractivity contribution in [3.8, 4) is 0 Å². The Kier molecular flexibility index (Phi) is 3.42. The van der Waals surface area contributed by atoms with Crippen molar-refractivity contribution >= 4 is 10.9 Å². The fourth-order valence-electron chi connectivity index (χ4n) is 2.08. The van der Waals surface area contributed by atoms with Crippen molar-refractivity contribution in [2.45, 2.75) is 59.4 Å². The van der Waals surface area contributed by atoms with Gasteiger partial charge < -0.3 is 4.57 Å². The molecule has 3 nitrogen and oxygen atoms in total. The van der Waals surface area contributed by atoms with E-state index in [4.69, 9.17) is 4.98 Å². The van der Waals surface area contributed by atoms with Crippen molar-refractivity contribution in [2.75, 3.05) is 0 Å². The molecule has 2 aromatic heterocycles. The fraction of sp³-hybridized carbons (Fsp3) is 0.600. The number of fused-ring (bicyclic) bond motifs is 1. The van der Waals surface area contributed by atoms with E-state index in [1.54, 1.807) is 0 Å². The summed E-state index contributed by atoms with van der Waals surface area (Å²) in [5.41, 5.74) is 2.24. The maximum absolute atomic E-state index is 4.75. The molecule has 0 fully saturated rings. The minimum Gasteiger partial charge on any atom is -0.349 e. The second-order valence-corrected chi connectivity index (χ2v) is 5.87. The normalized spacial score (nSPS) is 12.3. The molecule has 0 aromatic carbocycles. The molecule has 2 heterocycles. The van der Waals surface area contributed by atoms with E-state index in [0.717, 1.165) is 11.3 Å². The zero-order valence-corrected chi connectivity index (χ0v) is 12.2. The van der Waals surface area contributed by atoms with Gasteiger partial charge in [-0.1, -0.05) is 27.7 Å². The van der Waals surface area contributed by atoms with Gasteiger partial charge in [0.05, 0.1) is 11.2 Å². The molecule has 0 saturated heterocycles. The van der Waals surface area contributed by atoms with Crippen molar-refractivity contribution in [3.63, 3.8) is 0 Å². The fourth-order valence-corrected chi connectivity index (χ4v) is 2.08. The minimum atomic E-state index is 0.370. The van der Waals surface area contributed by atoms with E-state index >= 15 is 0 Å². The van der Waals surface area contributed by atoms with Crippen LogP contribution >= 0.6 is 0 Å². The first-order chi connectivity index (χ1) is 8.40. The summed E-state index contributed by atoms with van der Waals surface area (Å²) in [5, 5.41) is 1.20. The first-order valence-corrected chi connectivity index (χ1v) is 6.79. The Morgan fingerprint density at radius 3 is 2.06 bits per heavy atom. The molecule has 0 saturated carbocycles. The Labute approximate surface area is 109 Å². The van der Waals surface area contributed by atoms with E-state index in [9.17, 15) is 0 Å². The lowest BCUT2D eigenvalue weighted by molar-refractivity contribution is 0.605. The Bertz CT molecular complexity index is 550. The van der Waals surface area contributed by atoms with Crippen molar-refractivity contribution in [1.82, 2.24) is 14.5 Å². The summed E-state index contributed by atoms with van der Waals surface area (Å²) in [6.45, 7) is 13.0. The highest BCUT2D eigenvalue weighted by Crippen LogP contribution is 2.26. The van der Waals surface area contributed by atoms with Gasteiger partial charge in [-0.15, -0.1) is 0 Å². The standard InChI is InChI=1S/C15H23N3/c1-9(2)14-12-7-18(11(5)6)8-13(12)16-15(17-14)10(3)4/h7-11H,1-6H3. The SMILES string of the molecule is CC(C)c1nc(C(C)C)c2cn(C(C)C)cc2n1. The summed E-state index contributed by atoms with van der Waals surface area (Å²) in [5.74, 6) is 1.75. The van der Waals surface area contributed by atoms with E-state index in [-0.39, 0.29) is 0 Å². The Balaban J connectivity index is 2.69. The molecule has 0 bridgehead atoms. The van der Waals surface area contributed by atoms with Gasteiger partial charge in [0.1, 0.15) is 5.82 Å². The van der Waals surface area contributed by atoms with E-state index in [1.165, 1.54) is 11.1 Å². The van der Waals surface area contributed by atoms with E-state index in [1.807, 2.05) is 0 Å². The van der Waals surface area contributed by atoms with Gasteiger partial charge in [0, 0.05) is 29.7 Å². The molecular weight excluding hydrogens is 222 g/mol. The van der Waals surface area contributed by atoms with E-state index in [0.29, 0.717) is 17.9 Å². The van der Waals surface area contributed by atoms with Crippen LogP contribution in [-0.4, -0.2) is 14.5 Å². The molecule has 2 rings (SSSR count). The Morgan fingerprint density at radius 1 is 0.889 bits per heavy atom. The van der Waals surface area contributed by atoms with Crippen molar-refractivity contribution in [3.05, 3.63) is 23.9 Å². The minimum absolute atomic E-state index is 0.370. The number of hydrogen-bond donors (Lipinski definition) is 0. The summed E-state index contributed by atoms with van der Waals surface area (Å²) in [4.78, 5) is 9.44. The monoisotopic (exact) mass is 245 g/mol. The first kappa shape index (κ1) is 13.1. The molecule has 0 aliphatic heterocycles. The Morgan fingerprint density at radius 2 is 1.56 bits per heavy atom. The molecule has 0 aliphatic rings. The highest BCUT2D eigenvalue weighted by atomic mass is 15.0. The molecular formula is C15H23N3. The average molecular weight is 245 g/mol. The second kappa shape index (κ2) is 4.71. The molecule has 2 aromatic rings. The molecule has 0 spiro atoms. The third-order valence-corrected chi connectivity index (χ3v) is 3.23. The van der Waals surface area contributed by atoms with Gasteiger partial charge in [0.15, 0.2) is 0 Å². The molecule has 18 heavy (non-hydrogen) atoms. The Hall–Kier alpha value is -1.38. The van der Waals surface area contributed by atoms with Gasteiger partial charge in [0.25, 0.3) is 0 Å². The molecule has 0 radical (unpaired) electrons. The van der Waals surface area contributed by atoms with Crippen LogP contribution in [0.2, 0.25) is 0 Å². The molecule has 98 valence electrons. The van der Waals surface area contributed by atoms with Crippen LogP contribution in [0.3, 0.4) is 0 Å². The molecule has 0 atom stereocenters. The van der Waals surface area contributed by atoms with Gasteiger partial charge in [-0.2, -0.15) is 0 Å². The third kappa shape index (κ3) is 2.26. The molecule has 3 heteroatoms. The van der Waals surface area contributed by atoms with Gasteiger partial charge >= 0.3 is 0 Å². The van der Waals surface area contributed by atoms with Crippen molar-refractivity contribution < 1.29 is 0 Å². The number of rotatable bonds is 3. The quantitative estimate of drug-likeness (QED) is 0.809. The lowest BCUT2D eigenvalue weighted by Crippen LogP contribution is -2.03. The largest absolute Gasteiger partial charge is 0.349 e. The van der Waals surface area contributed by atoms with Crippen LogP contribution in [0.1, 0.15) is 70.9 Å². The smallest absolute Gasteiger partial charge is 0.131 e. The lowest BCUT2D eigenvalue weighted by Gasteiger charge is -2.10. The number of hydrogen-bond acceptors (Lipinski definition) is 2. The molecule has 0 aliphatic carbocycles. The lowest BCUT2D eigenvalue weighted by atomic mass is 10.1. The predicted octanol–water partition coefficient (Wildman–Crippen LogP) is 4.26. The maximum atomic E-state index is 4.75. The van der Waals surface area contributed by atoms with Crippen LogP contribution < -0.4 is 0 Å². The van der Waals surface area contributed by atoms with Crippen LogP contribution in [0.15, 0.2) is 12.4 Å². The van der Waals surface area contributed by atoms with Crippen molar-refractivity contribution in [1.29, 1.82) is 0 Å². The third-order valence-electron chi connectivity index (χ3n) is 3.23. The average Bonchev–Trinajstić information content (AvgIpc) is 2.70. The highest BCUT2D eigenvalue weighted by Gasteiger charge is 2.15. The van der Waals surface area contributed by atoms with Gasteiger partial charge in [-0.25, -0.2) is 9.97 Å². The molecule has 0 amide bonds. The van der Waals surface area contributed by atoms with Crippen LogP contribution in [-0.2, 0) is 0 Å². The number of nitrogens with zero attached hydrogens (tertiary/aromatic N) is 3. The van der Waals surface area contributed by atoms with E-state index in [2.05, 4.69) is 63.5 Å². The van der Waals surface area contributed by atoms with Gasteiger partial charge in [-0.3, -0.25) is 0 Å². The second-order valence-electron chi connectivity index (χ2n) is 5.87. The molecule has 0 N–H and O–H groups in total. The maximum Gasteiger partial charge on any atom is 0.131 e. The summed E-state index contributed by atoms with van der Waals surface area (Å²) < 4.78 is 2.22. The van der Waals surface area contributed by atoms with Crippen molar-refractivity contribution in [2.24, 2.45) is 0 Å². The van der Waals surface area contributed by atoms with Gasteiger partial charge in [-0.05, 0) is 19.8 Å². The summed E-state index contributed by atoms with van der Waals surface area (Å²) in [6.07, 6.45) is 4.32. The highest BCUT2D eigenvalue weighted by molar-refractivity contribution is 5.81.